The fourth-order valence-corrected chi connectivity index (χ4v) is 3.40. The summed E-state index contributed by atoms with van der Waals surface area (Å²) in [5, 5.41) is 9.79. The number of benzene rings is 1. The van der Waals surface area contributed by atoms with Crippen molar-refractivity contribution in [3.05, 3.63) is 35.4 Å². The molecular formula is C17H23NO2. The van der Waals surface area contributed by atoms with E-state index in [0.29, 0.717) is 0 Å². The van der Waals surface area contributed by atoms with Gasteiger partial charge in [0.2, 0.25) is 0 Å². The zero-order valence-electron chi connectivity index (χ0n) is 12.1. The predicted octanol–water partition coefficient (Wildman–Crippen LogP) is 2.83. The molecule has 0 aromatic heterocycles. The fraction of sp³-hybridized carbons (Fsp3) is 0.588. The number of likely N-dealkylation sites (tertiary alicyclic amines) is 1. The Morgan fingerprint density at radius 2 is 1.85 bits per heavy atom. The van der Waals surface area contributed by atoms with E-state index < -0.39 is 11.4 Å². The van der Waals surface area contributed by atoms with E-state index >= 15 is 0 Å². The molecule has 1 aromatic rings. The van der Waals surface area contributed by atoms with Gasteiger partial charge in [0, 0.05) is 6.04 Å². The van der Waals surface area contributed by atoms with Crippen LogP contribution in [0.4, 0.5) is 0 Å². The van der Waals surface area contributed by atoms with Crippen LogP contribution in [0.2, 0.25) is 0 Å². The number of hydrogen-bond donors (Lipinski definition) is 1. The van der Waals surface area contributed by atoms with E-state index in [1.165, 1.54) is 18.4 Å². The maximum atomic E-state index is 11.9. The van der Waals surface area contributed by atoms with Gasteiger partial charge in [-0.3, -0.25) is 4.79 Å². The van der Waals surface area contributed by atoms with Gasteiger partial charge in [-0.2, -0.15) is 0 Å². The molecule has 2 aliphatic rings. The van der Waals surface area contributed by atoms with E-state index in [2.05, 4.69) is 24.0 Å². The van der Waals surface area contributed by atoms with Crippen LogP contribution in [0.1, 0.15) is 43.7 Å². The molecule has 2 fully saturated rings. The molecule has 1 saturated carbocycles. The van der Waals surface area contributed by atoms with Crippen LogP contribution >= 0.6 is 0 Å². The van der Waals surface area contributed by atoms with Crippen LogP contribution in [0.3, 0.4) is 0 Å². The molecule has 0 spiro atoms. The van der Waals surface area contributed by atoms with Gasteiger partial charge in [-0.05, 0) is 56.3 Å². The van der Waals surface area contributed by atoms with Crippen molar-refractivity contribution < 1.29 is 9.90 Å². The number of carboxylic acid groups (broad SMARTS) is 1. The Balaban J connectivity index is 1.82. The van der Waals surface area contributed by atoms with E-state index in [1.54, 1.807) is 0 Å². The molecule has 3 heteroatoms. The molecule has 0 amide bonds. The Hall–Kier alpha value is -1.35. The first-order chi connectivity index (χ1) is 9.65. The summed E-state index contributed by atoms with van der Waals surface area (Å²) in [6.07, 6.45) is 5.07. The molecule has 3 rings (SSSR count). The summed E-state index contributed by atoms with van der Waals surface area (Å²) >= 11 is 0. The minimum atomic E-state index is -0.669. The Labute approximate surface area is 120 Å². The number of hydrogen-bond acceptors (Lipinski definition) is 2. The molecular weight excluding hydrogens is 250 g/mol. The lowest BCUT2D eigenvalue weighted by atomic mass is 9.72. The van der Waals surface area contributed by atoms with Crippen LogP contribution in [0.5, 0.6) is 0 Å². The van der Waals surface area contributed by atoms with Crippen molar-refractivity contribution in [2.24, 2.45) is 0 Å². The standard InChI is InChI=1S/C17H23NO2/c1-2-13-3-5-14(6-4-13)17(16(19)20)9-11-18(12-10-17)15-7-8-15/h3-6,15H,2,7-12H2,1H3,(H,19,20). The third-order valence-corrected chi connectivity index (χ3v) is 5.04. The second-order valence-corrected chi connectivity index (χ2v) is 6.20. The lowest BCUT2D eigenvalue weighted by Crippen LogP contribution is -2.47. The molecule has 108 valence electrons. The molecule has 1 aliphatic carbocycles. The normalized spacial score (nSPS) is 22.6. The van der Waals surface area contributed by atoms with Crippen LogP contribution < -0.4 is 0 Å². The largest absolute Gasteiger partial charge is 0.481 e. The number of aliphatic carboxylic acids is 1. The van der Waals surface area contributed by atoms with Crippen LogP contribution in [0, 0.1) is 0 Å². The summed E-state index contributed by atoms with van der Waals surface area (Å²) in [6.45, 7) is 3.97. The lowest BCUT2D eigenvalue weighted by Gasteiger charge is -2.39. The van der Waals surface area contributed by atoms with Crippen molar-refractivity contribution in [3.8, 4) is 0 Å². The molecule has 1 N–H and O–H groups in total. The Morgan fingerprint density at radius 1 is 1.25 bits per heavy atom. The molecule has 1 heterocycles. The summed E-state index contributed by atoms with van der Waals surface area (Å²) < 4.78 is 0. The maximum absolute atomic E-state index is 11.9. The zero-order valence-corrected chi connectivity index (χ0v) is 12.1. The molecule has 1 aliphatic heterocycles. The highest BCUT2D eigenvalue weighted by Gasteiger charge is 2.45. The lowest BCUT2D eigenvalue weighted by molar-refractivity contribution is -0.146. The average Bonchev–Trinajstić information content (AvgIpc) is 3.32. The van der Waals surface area contributed by atoms with E-state index in [0.717, 1.165) is 44.0 Å². The van der Waals surface area contributed by atoms with Gasteiger partial charge in [0.25, 0.3) is 0 Å². The highest BCUT2D eigenvalue weighted by Crippen LogP contribution is 2.39. The molecule has 0 atom stereocenters. The third-order valence-electron chi connectivity index (χ3n) is 5.04. The molecule has 0 unspecified atom stereocenters. The molecule has 0 radical (unpaired) electrons. The number of carbonyl (C=O) groups is 1. The quantitative estimate of drug-likeness (QED) is 0.917. The first-order valence-electron chi connectivity index (χ1n) is 7.72. The van der Waals surface area contributed by atoms with Crippen LogP contribution in [-0.4, -0.2) is 35.1 Å². The van der Waals surface area contributed by atoms with Gasteiger partial charge in [0.05, 0.1) is 5.41 Å². The number of piperidine rings is 1. The van der Waals surface area contributed by atoms with Gasteiger partial charge < -0.3 is 10.0 Å². The molecule has 20 heavy (non-hydrogen) atoms. The summed E-state index contributed by atoms with van der Waals surface area (Å²) in [7, 11) is 0. The Bertz CT molecular complexity index is 482. The summed E-state index contributed by atoms with van der Waals surface area (Å²) in [4.78, 5) is 14.4. The zero-order chi connectivity index (χ0) is 14.2. The van der Waals surface area contributed by atoms with Gasteiger partial charge in [-0.15, -0.1) is 0 Å². The van der Waals surface area contributed by atoms with Crippen LogP contribution in [-0.2, 0) is 16.6 Å². The summed E-state index contributed by atoms with van der Waals surface area (Å²) in [5.74, 6) is -0.655. The number of carboxylic acids is 1. The molecule has 3 nitrogen and oxygen atoms in total. The van der Waals surface area contributed by atoms with Crippen molar-refractivity contribution in [2.45, 2.75) is 50.5 Å². The van der Waals surface area contributed by atoms with Gasteiger partial charge in [0.1, 0.15) is 0 Å². The summed E-state index contributed by atoms with van der Waals surface area (Å²) in [5.41, 5.74) is 1.58. The molecule has 1 aromatic carbocycles. The SMILES string of the molecule is CCc1ccc(C2(C(=O)O)CCN(C3CC3)CC2)cc1. The van der Waals surface area contributed by atoms with Crippen molar-refractivity contribution in [1.82, 2.24) is 4.90 Å². The third kappa shape index (κ3) is 2.35. The minimum absolute atomic E-state index is 0.655. The highest BCUT2D eigenvalue weighted by atomic mass is 16.4. The van der Waals surface area contributed by atoms with Crippen molar-refractivity contribution in [1.29, 1.82) is 0 Å². The van der Waals surface area contributed by atoms with Gasteiger partial charge in [0.15, 0.2) is 0 Å². The summed E-state index contributed by atoms with van der Waals surface area (Å²) in [6, 6.07) is 8.95. The maximum Gasteiger partial charge on any atom is 0.314 e. The average molecular weight is 273 g/mol. The van der Waals surface area contributed by atoms with Crippen molar-refractivity contribution >= 4 is 5.97 Å². The van der Waals surface area contributed by atoms with Crippen molar-refractivity contribution in [3.63, 3.8) is 0 Å². The van der Waals surface area contributed by atoms with E-state index in [-0.39, 0.29) is 0 Å². The predicted molar refractivity (Wildman–Crippen MR) is 79.0 cm³/mol. The van der Waals surface area contributed by atoms with E-state index in [1.807, 2.05) is 12.1 Å². The molecule has 1 saturated heterocycles. The van der Waals surface area contributed by atoms with Gasteiger partial charge >= 0.3 is 5.97 Å². The topological polar surface area (TPSA) is 40.5 Å². The van der Waals surface area contributed by atoms with E-state index in [4.69, 9.17) is 0 Å². The Morgan fingerprint density at radius 3 is 2.30 bits per heavy atom. The molecule has 0 bridgehead atoms. The second-order valence-electron chi connectivity index (χ2n) is 6.20. The van der Waals surface area contributed by atoms with E-state index in [9.17, 15) is 9.90 Å². The monoisotopic (exact) mass is 273 g/mol. The highest BCUT2D eigenvalue weighted by molar-refractivity contribution is 5.81. The fourth-order valence-electron chi connectivity index (χ4n) is 3.40. The first-order valence-corrected chi connectivity index (χ1v) is 7.72. The number of nitrogens with zero attached hydrogens (tertiary/aromatic N) is 1. The van der Waals surface area contributed by atoms with Gasteiger partial charge in [-0.25, -0.2) is 0 Å². The number of aryl methyl sites for hydroxylation is 1. The number of rotatable bonds is 4. The minimum Gasteiger partial charge on any atom is -0.481 e. The van der Waals surface area contributed by atoms with Crippen LogP contribution in [0.15, 0.2) is 24.3 Å². The van der Waals surface area contributed by atoms with Gasteiger partial charge in [-0.1, -0.05) is 31.2 Å². The van der Waals surface area contributed by atoms with Crippen LogP contribution in [0.25, 0.3) is 0 Å². The second kappa shape index (κ2) is 5.21. The Kier molecular flexibility index (Phi) is 3.55. The first kappa shape index (κ1) is 13.6. The smallest absolute Gasteiger partial charge is 0.314 e. The van der Waals surface area contributed by atoms with Crippen molar-refractivity contribution in [2.75, 3.05) is 13.1 Å².